The SMILES string of the molecule is CC(N)[C@@H](O)c1cccc(O)c1. The van der Waals surface area contributed by atoms with Gasteiger partial charge in [-0.25, -0.2) is 0 Å². The monoisotopic (exact) mass is 167 g/mol. The van der Waals surface area contributed by atoms with Gasteiger partial charge < -0.3 is 15.9 Å². The molecule has 0 aliphatic carbocycles. The van der Waals surface area contributed by atoms with E-state index in [0.717, 1.165) is 0 Å². The number of rotatable bonds is 2. The van der Waals surface area contributed by atoms with Crippen LogP contribution in [0.5, 0.6) is 5.75 Å². The third-order valence-corrected chi connectivity index (χ3v) is 1.71. The predicted octanol–water partition coefficient (Wildman–Crippen LogP) is 0.773. The summed E-state index contributed by atoms with van der Waals surface area (Å²) < 4.78 is 0. The van der Waals surface area contributed by atoms with Gasteiger partial charge >= 0.3 is 0 Å². The van der Waals surface area contributed by atoms with Crippen molar-refractivity contribution in [3.63, 3.8) is 0 Å². The maximum absolute atomic E-state index is 9.49. The molecule has 0 spiro atoms. The molecular formula is C9H13NO2. The summed E-state index contributed by atoms with van der Waals surface area (Å²) in [6.45, 7) is 1.72. The van der Waals surface area contributed by atoms with Gasteiger partial charge in [0.2, 0.25) is 0 Å². The van der Waals surface area contributed by atoms with Crippen LogP contribution in [-0.4, -0.2) is 16.3 Å². The van der Waals surface area contributed by atoms with Crippen LogP contribution in [0.15, 0.2) is 24.3 Å². The van der Waals surface area contributed by atoms with E-state index in [4.69, 9.17) is 10.8 Å². The lowest BCUT2D eigenvalue weighted by Gasteiger charge is -2.14. The van der Waals surface area contributed by atoms with Crippen molar-refractivity contribution in [2.24, 2.45) is 5.73 Å². The molecule has 0 aliphatic heterocycles. The molecule has 3 nitrogen and oxygen atoms in total. The molecule has 0 fully saturated rings. The standard InChI is InChI=1S/C9H13NO2/c1-6(10)9(12)7-3-2-4-8(11)5-7/h2-6,9,11-12H,10H2,1H3/t6?,9-/m1/s1. The summed E-state index contributed by atoms with van der Waals surface area (Å²) in [5.41, 5.74) is 6.13. The van der Waals surface area contributed by atoms with Crippen LogP contribution in [0.3, 0.4) is 0 Å². The van der Waals surface area contributed by atoms with Gasteiger partial charge in [-0.3, -0.25) is 0 Å². The number of hydrogen-bond acceptors (Lipinski definition) is 3. The van der Waals surface area contributed by atoms with Gasteiger partial charge in [-0.05, 0) is 24.6 Å². The van der Waals surface area contributed by atoms with Crippen LogP contribution < -0.4 is 5.73 Å². The summed E-state index contributed by atoms with van der Waals surface area (Å²) in [7, 11) is 0. The average Bonchev–Trinajstić information content (AvgIpc) is 2.03. The van der Waals surface area contributed by atoms with Crippen LogP contribution in [0.25, 0.3) is 0 Å². The molecule has 1 unspecified atom stereocenters. The highest BCUT2D eigenvalue weighted by Crippen LogP contribution is 2.19. The number of nitrogens with two attached hydrogens (primary N) is 1. The molecule has 3 heteroatoms. The van der Waals surface area contributed by atoms with Crippen LogP contribution in [0.1, 0.15) is 18.6 Å². The first-order valence-electron chi connectivity index (χ1n) is 3.84. The number of aliphatic hydroxyl groups excluding tert-OH is 1. The zero-order valence-electron chi connectivity index (χ0n) is 6.94. The van der Waals surface area contributed by atoms with Crippen LogP contribution >= 0.6 is 0 Å². The molecule has 0 amide bonds. The summed E-state index contributed by atoms with van der Waals surface area (Å²) >= 11 is 0. The third kappa shape index (κ3) is 1.96. The fourth-order valence-electron chi connectivity index (χ4n) is 1.01. The van der Waals surface area contributed by atoms with E-state index in [2.05, 4.69) is 0 Å². The molecule has 66 valence electrons. The summed E-state index contributed by atoms with van der Waals surface area (Å²) in [5, 5.41) is 18.6. The van der Waals surface area contributed by atoms with Gasteiger partial charge in [0.1, 0.15) is 5.75 Å². The van der Waals surface area contributed by atoms with E-state index in [-0.39, 0.29) is 11.8 Å². The Balaban J connectivity index is 2.88. The zero-order valence-corrected chi connectivity index (χ0v) is 6.94. The molecule has 0 aromatic heterocycles. The maximum Gasteiger partial charge on any atom is 0.115 e. The van der Waals surface area contributed by atoms with Crippen molar-refractivity contribution in [3.05, 3.63) is 29.8 Å². The first-order chi connectivity index (χ1) is 5.61. The second kappa shape index (κ2) is 3.56. The zero-order chi connectivity index (χ0) is 9.14. The summed E-state index contributed by atoms with van der Waals surface area (Å²) in [4.78, 5) is 0. The van der Waals surface area contributed by atoms with Crippen molar-refractivity contribution in [2.45, 2.75) is 19.1 Å². The van der Waals surface area contributed by atoms with Gasteiger partial charge in [0.25, 0.3) is 0 Å². The third-order valence-electron chi connectivity index (χ3n) is 1.71. The molecular weight excluding hydrogens is 154 g/mol. The lowest BCUT2D eigenvalue weighted by atomic mass is 10.0. The van der Waals surface area contributed by atoms with Crippen molar-refractivity contribution < 1.29 is 10.2 Å². The summed E-state index contributed by atoms with van der Waals surface area (Å²) in [5.74, 6) is 0.146. The maximum atomic E-state index is 9.49. The molecule has 1 rings (SSSR count). The topological polar surface area (TPSA) is 66.5 Å². The van der Waals surface area contributed by atoms with E-state index in [1.165, 1.54) is 6.07 Å². The quantitative estimate of drug-likeness (QED) is 0.609. The number of benzene rings is 1. The van der Waals surface area contributed by atoms with E-state index in [9.17, 15) is 5.11 Å². The molecule has 1 aromatic carbocycles. The lowest BCUT2D eigenvalue weighted by molar-refractivity contribution is 0.153. The summed E-state index contributed by atoms with van der Waals surface area (Å²) in [6, 6.07) is 6.14. The fourth-order valence-corrected chi connectivity index (χ4v) is 1.01. The normalized spacial score (nSPS) is 15.6. The van der Waals surface area contributed by atoms with Crippen LogP contribution in [0.2, 0.25) is 0 Å². The van der Waals surface area contributed by atoms with E-state index < -0.39 is 6.10 Å². The smallest absolute Gasteiger partial charge is 0.115 e. The second-order valence-electron chi connectivity index (χ2n) is 2.90. The number of hydrogen-bond donors (Lipinski definition) is 3. The van der Waals surface area contributed by atoms with E-state index in [0.29, 0.717) is 5.56 Å². The number of phenolic OH excluding ortho intramolecular Hbond substituents is 1. The van der Waals surface area contributed by atoms with Gasteiger partial charge in [-0.1, -0.05) is 12.1 Å². The molecule has 0 heterocycles. The highest BCUT2D eigenvalue weighted by atomic mass is 16.3. The van der Waals surface area contributed by atoms with E-state index in [1.54, 1.807) is 25.1 Å². The van der Waals surface area contributed by atoms with Crippen molar-refractivity contribution in [2.75, 3.05) is 0 Å². The number of phenols is 1. The Kier molecular flexibility index (Phi) is 2.68. The largest absolute Gasteiger partial charge is 0.508 e. The average molecular weight is 167 g/mol. The van der Waals surface area contributed by atoms with Crippen LogP contribution in [-0.2, 0) is 0 Å². The Bertz CT molecular complexity index is 260. The van der Waals surface area contributed by atoms with Gasteiger partial charge in [-0.2, -0.15) is 0 Å². The van der Waals surface area contributed by atoms with E-state index >= 15 is 0 Å². The Hall–Kier alpha value is -1.06. The first kappa shape index (κ1) is 9.03. The second-order valence-corrected chi connectivity index (χ2v) is 2.90. The molecule has 0 saturated carbocycles. The van der Waals surface area contributed by atoms with Crippen molar-refractivity contribution in [3.8, 4) is 5.75 Å². The van der Waals surface area contributed by atoms with Gasteiger partial charge in [0, 0.05) is 6.04 Å². The van der Waals surface area contributed by atoms with Gasteiger partial charge in [0.15, 0.2) is 0 Å². The van der Waals surface area contributed by atoms with Crippen LogP contribution in [0, 0.1) is 0 Å². The minimum Gasteiger partial charge on any atom is -0.508 e. The van der Waals surface area contributed by atoms with Gasteiger partial charge in [-0.15, -0.1) is 0 Å². The predicted molar refractivity (Wildman–Crippen MR) is 46.7 cm³/mol. The van der Waals surface area contributed by atoms with Crippen LogP contribution in [0.4, 0.5) is 0 Å². The Morgan fingerprint density at radius 2 is 2.08 bits per heavy atom. The molecule has 4 N–H and O–H groups in total. The minimum atomic E-state index is -0.711. The first-order valence-corrected chi connectivity index (χ1v) is 3.84. The lowest BCUT2D eigenvalue weighted by Crippen LogP contribution is -2.24. The highest BCUT2D eigenvalue weighted by Gasteiger charge is 2.11. The van der Waals surface area contributed by atoms with E-state index in [1.807, 2.05) is 0 Å². The van der Waals surface area contributed by atoms with Crippen molar-refractivity contribution >= 4 is 0 Å². The molecule has 2 atom stereocenters. The minimum absolute atomic E-state index is 0.146. The number of aromatic hydroxyl groups is 1. The number of aliphatic hydroxyl groups is 1. The molecule has 0 aliphatic rings. The van der Waals surface area contributed by atoms with Gasteiger partial charge in [0.05, 0.1) is 6.10 Å². The molecule has 12 heavy (non-hydrogen) atoms. The molecule has 1 aromatic rings. The molecule has 0 radical (unpaired) electrons. The Morgan fingerprint density at radius 1 is 1.42 bits per heavy atom. The fraction of sp³-hybridized carbons (Fsp3) is 0.333. The van der Waals surface area contributed by atoms with Crippen molar-refractivity contribution in [1.29, 1.82) is 0 Å². The Morgan fingerprint density at radius 3 is 2.58 bits per heavy atom. The summed E-state index contributed by atoms with van der Waals surface area (Å²) in [6.07, 6.45) is -0.711. The highest BCUT2D eigenvalue weighted by molar-refractivity contribution is 5.29. The van der Waals surface area contributed by atoms with Crippen molar-refractivity contribution in [1.82, 2.24) is 0 Å². The molecule has 0 bridgehead atoms. The molecule has 0 saturated heterocycles. The Labute approximate surface area is 71.5 Å².